The second-order valence-electron chi connectivity index (χ2n) is 6.86. The van der Waals surface area contributed by atoms with E-state index in [9.17, 15) is 4.79 Å². The van der Waals surface area contributed by atoms with Gasteiger partial charge >= 0.3 is 0 Å². The minimum absolute atomic E-state index is 0.106. The first-order chi connectivity index (χ1) is 12.2. The second kappa shape index (κ2) is 6.84. The lowest BCUT2D eigenvalue weighted by Crippen LogP contribution is -2.66. The van der Waals surface area contributed by atoms with Gasteiger partial charge in [-0.2, -0.15) is 0 Å². The van der Waals surface area contributed by atoms with Crippen molar-refractivity contribution in [1.29, 1.82) is 0 Å². The topological polar surface area (TPSA) is 80.5 Å². The Kier molecular flexibility index (Phi) is 4.40. The number of likely N-dealkylation sites (tertiary alicyclic amines) is 1. The van der Waals surface area contributed by atoms with E-state index >= 15 is 0 Å². The monoisotopic (exact) mass is 342 g/mol. The lowest BCUT2D eigenvalue weighted by molar-refractivity contribution is -0.187. The summed E-state index contributed by atoms with van der Waals surface area (Å²) in [7, 11) is 0. The molecule has 0 radical (unpaired) electrons. The first-order valence-electron chi connectivity index (χ1n) is 8.67. The summed E-state index contributed by atoms with van der Waals surface area (Å²) in [6, 6.07) is 5.44. The third kappa shape index (κ3) is 3.66. The fraction of sp³-hybridized carbons (Fsp3) is 0.500. The summed E-state index contributed by atoms with van der Waals surface area (Å²) >= 11 is 0. The molecule has 0 aliphatic carbocycles. The number of hydrogen-bond acceptors (Lipinski definition) is 6. The summed E-state index contributed by atoms with van der Waals surface area (Å²) in [5.41, 5.74) is -0.140. The number of furan rings is 1. The standard InChI is InChI=1S/C18H22N4O3/c23-16(9-15-3-1-8-24-15)22-12-18(13-22)5-4-14(11-25-18)10-21-17-19-6-2-7-20-17/h1-3,6-8,14H,4-5,9-13H2,(H,19,20,21)/t14-/m1/s1. The van der Waals surface area contributed by atoms with Crippen LogP contribution in [0.15, 0.2) is 41.3 Å². The maximum atomic E-state index is 12.2. The molecule has 0 bridgehead atoms. The molecular weight excluding hydrogens is 320 g/mol. The highest BCUT2D eigenvalue weighted by molar-refractivity contribution is 5.79. The molecule has 7 heteroatoms. The van der Waals surface area contributed by atoms with Gasteiger partial charge in [0.2, 0.25) is 11.9 Å². The summed E-state index contributed by atoms with van der Waals surface area (Å²) in [6.45, 7) is 2.89. The van der Waals surface area contributed by atoms with Crippen molar-refractivity contribution < 1.29 is 13.9 Å². The van der Waals surface area contributed by atoms with E-state index in [2.05, 4.69) is 15.3 Å². The molecule has 4 rings (SSSR count). The molecule has 132 valence electrons. The molecule has 1 N–H and O–H groups in total. The molecule has 1 amide bonds. The molecule has 0 aromatic carbocycles. The fourth-order valence-electron chi connectivity index (χ4n) is 3.45. The number of ether oxygens (including phenoxy) is 1. The number of anilines is 1. The van der Waals surface area contributed by atoms with Crippen LogP contribution in [0.5, 0.6) is 0 Å². The van der Waals surface area contributed by atoms with Crippen LogP contribution in [0, 0.1) is 5.92 Å². The lowest BCUT2D eigenvalue weighted by Gasteiger charge is -2.52. The highest BCUT2D eigenvalue weighted by Crippen LogP contribution is 2.36. The van der Waals surface area contributed by atoms with Crippen molar-refractivity contribution in [2.24, 2.45) is 5.92 Å². The number of carbonyl (C=O) groups is 1. The highest BCUT2D eigenvalue weighted by Gasteiger charge is 2.48. The van der Waals surface area contributed by atoms with Crippen molar-refractivity contribution in [1.82, 2.24) is 14.9 Å². The molecule has 0 unspecified atom stereocenters. The van der Waals surface area contributed by atoms with E-state index in [1.807, 2.05) is 11.0 Å². The molecule has 1 atom stereocenters. The molecule has 2 aliphatic rings. The third-order valence-electron chi connectivity index (χ3n) is 4.96. The van der Waals surface area contributed by atoms with Gasteiger partial charge in [0.1, 0.15) is 11.4 Å². The van der Waals surface area contributed by atoms with Gasteiger partial charge in [-0.1, -0.05) is 0 Å². The maximum absolute atomic E-state index is 12.2. The van der Waals surface area contributed by atoms with Gasteiger partial charge in [0.15, 0.2) is 0 Å². The zero-order valence-electron chi connectivity index (χ0n) is 14.1. The average Bonchev–Trinajstić information content (AvgIpc) is 3.12. The Morgan fingerprint density at radius 3 is 2.84 bits per heavy atom. The van der Waals surface area contributed by atoms with Crippen LogP contribution < -0.4 is 5.32 Å². The Bertz CT molecular complexity index is 688. The Morgan fingerprint density at radius 2 is 2.16 bits per heavy atom. The van der Waals surface area contributed by atoms with Crippen LogP contribution in [0.25, 0.3) is 0 Å². The summed E-state index contributed by atoms with van der Waals surface area (Å²) in [4.78, 5) is 22.4. The van der Waals surface area contributed by atoms with Crippen LogP contribution in [-0.2, 0) is 16.0 Å². The third-order valence-corrected chi connectivity index (χ3v) is 4.96. The molecule has 2 fully saturated rings. The van der Waals surface area contributed by atoms with Crippen LogP contribution >= 0.6 is 0 Å². The van der Waals surface area contributed by atoms with Gasteiger partial charge in [-0.3, -0.25) is 4.79 Å². The SMILES string of the molecule is O=C(Cc1ccco1)N1CC2(CC[C@H](CNc3ncccn3)CO2)C1. The van der Waals surface area contributed by atoms with Crippen LogP contribution in [-0.4, -0.2) is 52.6 Å². The van der Waals surface area contributed by atoms with Gasteiger partial charge in [0, 0.05) is 18.9 Å². The molecular formula is C18H22N4O3. The van der Waals surface area contributed by atoms with Gasteiger partial charge in [0.25, 0.3) is 0 Å². The van der Waals surface area contributed by atoms with Crippen molar-refractivity contribution in [3.8, 4) is 0 Å². The summed E-state index contributed by atoms with van der Waals surface area (Å²) in [5.74, 6) is 1.92. The Morgan fingerprint density at radius 1 is 1.32 bits per heavy atom. The number of hydrogen-bond donors (Lipinski definition) is 1. The molecule has 7 nitrogen and oxygen atoms in total. The number of carbonyl (C=O) groups excluding carboxylic acids is 1. The number of nitrogens with one attached hydrogen (secondary N) is 1. The van der Waals surface area contributed by atoms with Crippen LogP contribution in [0.1, 0.15) is 18.6 Å². The molecule has 0 saturated carbocycles. The lowest BCUT2D eigenvalue weighted by atomic mass is 9.82. The Balaban J connectivity index is 1.20. The Hall–Kier alpha value is -2.41. The number of aromatic nitrogens is 2. The van der Waals surface area contributed by atoms with Crippen molar-refractivity contribution in [3.63, 3.8) is 0 Å². The van der Waals surface area contributed by atoms with Gasteiger partial charge in [0.05, 0.1) is 32.4 Å². The normalized spacial score (nSPS) is 21.8. The summed E-state index contributed by atoms with van der Waals surface area (Å²) < 4.78 is 11.4. The molecule has 4 heterocycles. The fourth-order valence-corrected chi connectivity index (χ4v) is 3.45. The minimum Gasteiger partial charge on any atom is -0.469 e. The van der Waals surface area contributed by atoms with E-state index < -0.39 is 0 Å². The summed E-state index contributed by atoms with van der Waals surface area (Å²) in [5, 5.41) is 3.25. The summed E-state index contributed by atoms with van der Waals surface area (Å²) in [6.07, 6.45) is 7.44. The minimum atomic E-state index is -0.140. The Labute approximate surface area is 146 Å². The van der Waals surface area contributed by atoms with E-state index in [0.717, 1.165) is 19.4 Å². The average molecular weight is 342 g/mol. The van der Waals surface area contributed by atoms with E-state index in [0.29, 0.717) is 43.7 Å². The number of nitrogens with zero attached hydrogens (tertiary/aromatic N) is 3. The quantitative estimate of drug-likeness (QED) is 0.891. The highest BCUT2D eigenvalue weighted by atomic mass is 16.5. The predicted octanol–water partition coefficient (Wildman–Crippen LogP) is 1.73. The van der Waals surface area contributed by atoms with E-state index in [1.54, 1.807) is 30.8 Å². The second-order valence-corrected chi connectivity index (χ2v) is 6.86. The number of amides is 1. The van der Waals surface area contributed by atoms with Gasteiger partial charge in [-0.05, 0) is 37.0 Å². The zero-order valence-corrected chi connectivity index (χ0v) is 14.1. The van der Waals surface area contributed by atoms with Gasteiger partial charge in [-0.15, -0.1) is 0 Å². The molecule has 1 spiro atoms. The van der Waals surface area contributed by atoms with Crippen molar-refractivity contribution in [2.75, 3.05) is 31.6 Å². The molecule has 2 aliphatic heterocycles. The van der Waals surface area contributed by atoms with Crippen molar-refractivity contribution in [3.05, 3.63) is 42.6 Å². The zero-order chi connectivity index (χ0) is 17.1. The first-order valence-corrected chi connectivity index (χ1v) is 8.67. The maximum Gasteiger partial charge on any atom is 0.230 e. The van der Waals surface area contributed by atoms with Crippen molar-refractivity contribution in [2.45, 2.75) is 24.9 Å². The van der Waals surface area contributed by atoms with E-state index in [-0.39, 0.29) is 11.5 Å². The van der Waals surface area contributed by atoms with Gasteiger partial charge in [-0.25, -0.2) is 9.97 Å². The molecule has 2 aromatic heterocycles. The van der Waals surface area contributed by atoms with Crippen LogP contribution in [0.3, 0.4) is 0 Å². The smallest absolute Gasteiger partial charge is 0.230 e. The molecule has 2 saturated heterocycles. The van der Waals surface area contributed by atoms with E-state index in [4.69, 9.17) is 9.15 Å². The largest absolute Gasteiger partial charge is 0.469 e. The number of rotatable bonds is 5. The van der Waals surface area contributed by atoms with Crippen molar-refractivity contribution >= 4 is 11.9 Å². The predicted molar refractivity (Wildman–Crippen MR) is 90.9 cm³/mol. The van der Waals surface area contributed by atoms with Crippen LogP contribution in [0.2, 0.25) is 0 Å². The molecule has 2 aromatic rings. The van der Waals surface area contributed by atoms with Crippen LogP contribution in [0.4, 0.5) is 5.95 Å². The van der Waals surface area contributed by atoms with Gasteiger partial charge < -0.3 is 19.4 Å². The van der Waals surface area contributed by atoms with E-state index in [1.165, 1.54) is 0 Å². The molecule has 25 heavy (non-hydrogen) atoms. The first kappa shape index (κ1) is 16.1.